The molecule has 1 saturated heterocycles. The van der Waals surface area contributed by atoms with Gasteiger partial charge in [0.1, 0.15) is 0 Å². The molecule has 1 aromatic carbocycles. The highest BCUT2D eigenvalue weighted by molar-refractivity contribution is 5.76. The zero-order valence-electron chi connectivity index (χ0n) is 15.1. The average Bonchev–Trinajstić information content (AvgIpc) is 3.04. The number of benzene rings is 1. The fourth-order valence-electron chi connectivity index (χ4n) is 3.37. The Labute approximate surface area is 149 Å². The van der Waals surface area contributed by atoms with E-state index in [-0.39, 0.29) is 12.0 Å². The van der Waals surface area contributed by atoms with E-state index >= 15 is 0 Å². The van der Waals surface area contributed by atoms with Crippen molar-refractivity contribution in [3.8, 4) is 0 Å². The van der Waals surface area contributed by atoms with Crippen LogP contribution in [-0.4, -0.2) is 28.8 Å². The molecule has 0 spiro atoms. The summed E-state index contributed by atoms with van der Waals surface area (Å²) >= 11 is 0. The van der Waals surface area contributed by atoms with Crippen LogP contribution in [0.2, 0.25) is 0 Å². The molecule has 134 valence electrons. The lowest BCUT2D eigenvalue weighted by Gasteiger charge is -2.32. The standard InChI is InChI=1S/C20H27N3O2/c1-15-5-8-17(9-6-15)20-18(4-3-11-25-20)13-21-19(24)10-7-16-12-22-23(2)14-16/h5-6,8-9,12,14,18,20H,3-4,7,10-11,13H2,1-2H3,(H,21,24). The maximum Gasteiger partial charge on any atom is 0.220 e. The summed E-state index contributed by atoms with van der Waals surface area (Å²) in [6.45, 7) is 3.56. The largest absolute Gasteiger partial charge is 0.373 e. The quantitative estimate of drug-likeness (QED) is 0.879. The van der Waals surface area contributed by atoms with Gasteiger partial charge in [0.2, 0.25) is 5.91 Å². The Morgan fingerprint density at radius 2 is 2.16 bits per heavy atom. The van der Waals surface area contributed by atoms with Crippen molar-refractivity contribution in [1.29, 1.82) is 0 Å². The third-order valence-electron chi connectivity index (χ3n) is 4.81. The second-order valence-corrected chi connectivity index (χ2v) is 6.93. The predicted octanol–water partition coefficient (Wildman–Crippen LogP) is 2.95. The van der Waals surface area contributed by atoms with Crippen LogP contribution in [-0.2, 0) is 23.0 Å². The van der Waals surface area contributed by atoms with Gasteiger partial charge in [-0.05, 0) is 37.3 Å². The Balaban J connectivity index is 1.51. The summed E-state index contributed by atoms with van der Waals surface area (Å²) in [5.74, 6) is 0.427. The number of nitrogens with one attached hydrogen (secondary N) is 1. The number of hydrogen-bond acceptors (Lipinski definition) is 3. The Kier molecular flexibility index (Phi) is 5.87. The van der Waals surface area contributed by atoms with Crippen molar-refractivity contribution < 1.29 is 9.53 Å². The molecule has 2 atom stereocenters. The fourth-order valence-corrected chi connectivity index (χ4v) is 3.37. The Hall–Kier alpha value is -2.14. The molecule has 1 fully saturated rings. The van der Waals surface area contributed by atoms with Crippen LogP contribution in [0.5, 0.6) is 0 Å². The summed E-state index contributed by atoms with van der Waals surface area (Å²) in [5.41, 5.74) is 3.55. The van der Waals surface area contributed by atoms with Crippen LogP contribution in [0, 0.1) is 12.8 Å². The highest BCUT2D eigenvalue weighted by Gasteiger charge is 2.27. The molecule has 0 bridgehead atoms. The normalized spacial score (nSPS) is 20.4. The van der Waals surface area contributed by atoms with Crippen molar-refractivity contribution in [1.82, 2.24) is 15.1 Å². The molecule has 1 aromatic heterocycles. The molecule has 0 aliphatic carbocycles. The van der Waals surface area contributed by atoms with Crippen molar-refractivity contribution in [2.45, 2.75) is 38.7 Å². The first-order valence-corrected chi connectivity index (χ1v) is 9.04. The van der Waals surface area contributed by atoms with E-state index in [0.717, 1.165) is 31.4 Å². The molecule has 0 radical (unpaired) electrons. The van der Waals surface area contributed by atoms with Crippen LogP contribution in [0.4, 0.5) is 0 Å². The molecular weight excluding hydrogens is 314 g/mol. The maximum atomic E-state index is 12.2. The fraction of sp³-hybridized carbons (Fsp3) is 0.500. The lowest BCUT2D eigenvalue weighted by molar-refractivity contribution is -0.121. The van der Waals surface area contributed by atoms with Gasteiger partial charge in [-0.1, -0.05) is 29.8 Å². The summed E-state index contributed by atoms with van der Waals surface area (Å²) in [4.78, 5) is 12.2. The van der Waals surface area contributed by atoms with Crippen LogP contribution in [0.3, 0.4) is 0 Å². The summed E-state index contributed by atoms with van der Waals surface area (Å²) in [7, 11) is 1.89. The molecule has 1 aliphatic rings. The third-order valence-corrected chi connectivity index (χ3v) is 4.81. The molecule has 2 unspecified atom stereocenters. The van der Waals surface area contributed by atoms with E-state index in [1.807, 2.05) is 19.4 Å². The Morgan fingerprint density at radius 3 is 2.88 bits per heavy atom. The Bertz CT molecular complexity index is 693. The smallest absolute Gasteiger partial charge is 0.220 e. The van der Waals surface area contributed by atoms with Crippen molar-refractivity contribution in [2.75, 3.05) is 13.2 Å². The van der Waals surface area contributed by atoms with Crippen molar-refractivity contribution in [3.63, 3.8) is 0 Å². The van der Waals surface area contributed by atoms with Gasteiger partial charge in [-0.15, -0.1) is 0 Å². The van der Waals surface area contributed by atoms with Crippen LogP contribution in [0.25, 0.3) is 0 Å². The van der Waals surface area contributed by atoms with Crippen LogP contribution < -0.4 is 5.32 Å². The van der Waals surface area contributed by atoms with Gasteiger partial charge in [-0.3, -0.25) is 9.48 Å². The number of rotatable bonds is 6. The summed E-state index contributed by atoms with van der Waals surface area (Å²) in [6.07, 6.45) is 7.20. The first-order chi connectivity index (χ1) is 12.1. The van der Waals surface area contributed by atoms with Crippen LogP contribution >= 0.6 is 0 Å². The van der Waals surface area contributed by atoms with Gasteiger partial charge in [-0.25, -0.2) is 0 Å². The molecule has 0 saturated carbocycles. The van der Waals surface area contributed by atoms with E-state index in [0.29, 0.717) is 18.9 Å². The van der Waals surface area contributed by atoms with E-state index < -0.39 is 0 Å². The maximum absolute atomic E-state index is 12.2. The predicted molar refractivity (Wildman–Crippen MR) is 97.1 cm³/mol. The second-order valence-electron chi connectivity index (χ2n) is 6.93. The molecule has 25 heavy (non-hydrogen) atoms. The van der Waals surface area contributed by atoms with Gasteiger partial charge < -0.3 is 10.1 Å². The first kappa shape index (κ1) is 17.7. The van der Waals surface area contributed by atoms with Gasteiger partial charge in [0.15, 0.2) is 0 Å². The summed E-state index contributed by atoms with van der Waals surface area (Å²) < 4.78 is 7.78. The summed E-state index contributed by atoms with van der Waals surface area (Å²) in [6, 6.07) is 8.53. The average molecular weight is 341 g/mol. The third kappa shape index (κ3) is 4.92. The zero-order valence-corrected chi connectivity index (χ0v) is 15.1. The highest BCUT2D eigenvalue weighted by atomic mass is 16.5. The monoisotopic (exact) mass is 341 g/mol. The van der Waals surface area contributed by atoms with Gasteiger partial charge in [-0.2, -0.15) is 5.10 Å². The van der Waals surface area contributed by atoms with E-state index in [1.54, 1.807) is 4.68 Å². The molecule has 2 heterocycles. The number of hydrogen-bond donors (Lipinski definition) is 1. The number of carbonyl (C=O) groups excluding carboxylic acids is 1. The second kappa shape index (κ2) is 8.30. The van der Waals surface area contributed by atoms with Crippen molar-refractivity contribution >= 4 is 5.91 Å². The molecule has 5 heteroatoms. The first-order valence-electron chi connectivity index (χ1n) is 9.04. The van der Waals surface area contributed by atoms with Crippen molar-refractivity contribution in [2.24, 2.45) is 13.0 Å². The minimum absolute atomic E-state index is 0.0768. The Morgan fingerprint density at radius 1 is 1.36 bits per heavy atom. The van der Waals surface area contributed by atoms with E-state index in [1.165, 1.54) is 11.1 Å². The van der Waals surface area contributed by atoms with Crippen LogP contribution in [0.1, 0.15) is 42.1 Å². The molecule has 1 aliphatic heterocycles. The van der Waals surface area contributed by atoms with E-state index in [2.05, 4.69) is 41.6 Å². The topological polar surface area (TPSA) is 56.1 Å². The number of amides is 1. The molecule has 3 rings (SSSR count). The zero-order chi connectivity index (χ0) is 17.6. The molecular formula is C20H27N3O2. The van der Waals surface area contributed by atoms with Gasteiger partial charge in [0, 0.05) is 38.7 Å². The lowest BCUT2D eigenvalue weighted by Crippen LogP contribution is -2.35. The molecule has 1 amide bonds. The van der Waals surface area contributed by atoms with Gasteiger partial charge in [0.05, 0.1) is 12.3 Å². The molecule has 2 aromatic rings. The SMILES string of the molecule is Cc1ccc(C2OCCCC2CNC(=O)CCc2cnn(C)c2)cc1. The van der Waals surface area contributed by atoms with Crippen molar-refractivity contribution in [3.05, 3.63) is 53.3 Å². The number of carbonyl (C=O) groups is 1. The highest BCUT2D eigenvalue weighted by Crippen LogP contribution is 2.33. The van der Waals surface area contributed by atoms with Gasteiger partial charge in [0.25, 0.3) is 0 Å². The number of aryl methyl sites for hydroxylation is 3. The molecule has 5 nitrogen and oxygen atoms in total. The number of nitrogens with zero attached hydrogens (tertiary/aromatic N) is 2. The van der Waals surface area contributed by atoms with Crippen LogP contribution in [0.15, 0.2) is 36.7 Å². The summed E-state index contributed by atoms with van der Waals surface area (Å²) in [5, 5.41) is 7.23. The number of aromatic nitrogens is 2. The van der Waals surface area contributed by atoms with E-state index in [4.69, 9.17) is 4.74 Å². The number of ether oxygens (including phenoxy) is 1. The minimum Gasteiger partial charge on any atom is -0.373 e. The minimum atomic E-state index is 0.0768. The lowest BCUT2D eigenvalue weighted by atomic mass is 9.89. The molecule has 1 N–H and O–H groups in total. The van der Waals surface area contributed by atoms with E-state index in [9.17, 15) is 4.79 Å². The van der Waals surface area contributed by atoms with Gasteiger partial charge >= 0.3 is 0 Å².